The molecule has 0 spiro atoms. The maximum absolute atomic E-state index is 13.5. The minimum atomic E-state index is -0.241. The van der Waals surface area contributed by atoms with E-state index in [1.807, 2.05) is 26.8 Å². The van der Waals surface area contributed by atoms with Crippen LogP contribution in [0, 0.1) is 5.82 Å². The predicted molar refractivity (Wildman–Crippen MR) is 71.6 cm³/mol. The third-order valence-corrected chi connectivity index (χ3v) is 3.04. The molecule has 1 N–H and O–H groups in total. The Hall–Kier alpha value is -0.450. The van der Waals surface area contributed by atoms with Gasteiger partial charge in [0.15, 0.2) is 0 Å². The van der Waals surface area contributed by atoms with Crippen LogP contribution < -0.4 is 5.32 Å². The molecule has 0 radical (unpaired) electrons. The average Bonchev–Trinajstić information content (AvgIpc) is 2.28. The summed E-state index contributed by atoms with van der Waals surface area (Å²) in [5.74, 6) is -0.241. The molecule has 1 rings (SSSR count). The normalized spacial score (nSPS) is 13.1. The second kappa shape index (κ2) is 7.09. The predicted octanol–water partition coefficient (Wildman–Crippen LogP) is 3.66. The Labute approximate surface area is 111 Å². The number of rotatable bonds is 6. The maximum Gasteiger partial charge on any atom is 0.137 e. The lowest BCUT2D eigenvalue weighted by Gasteiger charge is -2.20. The van der Waals surface area contributed by atoms with Gasteiger partial charge in [-0.15, -0.1) is 0 Å². The van der Waals surface area contributed by atoms with Crippen LogP contribution in [-0.2, 0) is 4.74 Å². The quantitative estimate of drug-likeness (QED) is 0.866. The summed E-state index contributed by atoms with van der Waals surface area (Å²) in [5, 5.41) is 3.29. The first-order valence-electron chi connectivity index (χ1n) is 5.84. The average molecular weight is 304 g/mol. The summed E-state index contributed by atoms with van der Waals surface area (Å²) in [7, 11) is 0. The van der Waals surface area contributed by atoms with Gasteiger partial charge < -0.3 is 10.1 Å². The highest BCUT2D eigenvalue weighted by atomic mass is 79.9. The smallest absolute Gasteiger partial charge is 0.137 e. The summed E-state index contributed by atoms with van der Waals surface area (Å²) in [5.41, 5.74) is 0.910. The Balaban J connectivity index is 2.77. The highest BCUT2D eigenvalue weighted by Crippen LogP contribution is 2.21. The number of likely N-dealkylation sites (N-methyl/N-ethyl adjacent to an activating group) is 1. The molecule has 1 aromatic carbocycles. The molecule has 1 aromatic rings. The summed E-state index contributed by atoms with van der Waals surface area (Å²) < 4.78 is 19.5. The Bertz CT molecular complexity index is 357. The topological polar surface area (TPSA) is 21.3 Å². The molecule has 0 fully saturated rings. The van der Waals surface area contributed by atoms with Crippen LogP contribution in [0.25, 0.3) is 0 Å². The van der Waals surface area contributed by atoms with Crippen molar-refractivity contribution in [1.82, 2.24) is 5.32 Å². The van der Waals surface area contributed by atoms with Crippen LogP contribution in [0.4, 0.5) is 4.39 Å². The molecule has 0 saturated carbocycles. The lowest BCUT2D eigenvalue weighted by atomic mass is 10.1. The number of hydrogen-bond acceptors (Lipinski definition) is 2. The zero-order valence-electron chi connectivity index (χ0n) is 10.5. The van der Waals surface area contributed by atoms with Gasteiger partial charge >= 0.3 is 0 Å². The third-order valence-electron chi connectivity index (χ3n) is 2.39. The molecule has 0 saturated heterocycles. The van der Waals surface area contributed by atoms with Gasteiger partial charge in [0.25, 0.3) is 0 Å². The van der Waals surface area contributed by atoms with Crippen molar-refractivity contribution < 1.29 is 9.13 Å². The van der Waals surface area contributed by atoms with Crippen molar-refractivity contribution in [3.05, 3.63) is 34.1 Å². The van der Waals surface area contributed by atoms with Gasteiger partial charge in [0, 0.05) is 0 Å². The molecule has 0 heterocycles. The summed E-state index contributed by atoms with van der Waals surface area (Å²) in [6, 6.07) is 5.21. The van der Waals surface area contributed by atoms with Crippen molar-refractivity contribution in [2.24, 2.45) is 0 Å². The van der Waals surface area contributed by atoms with E-state index in [9.17, 15) is 4.39 Å². The molecule has 0 aromatic heterocycles. The molecule has 0 aliphatic rings. The first-order chi connectivity index (χ1) is 8.04. The highest BCUT2D eigenvalue weighted by molar-refractivity contribution is 9.10. The lowest BCUT2D eigenvalue weighted by molar-refractivity contribution is 0.0614. The van der Waals surface area contributed by atoms with Crippen LogP contribution in [0.2, 0.25) is 0 Å². The standard InChI is InChI=1S/C13H19BrFNO/c1-4-16-13(8-17-9(2)3)10-5-6-11(14)12(15)7-10/h5-7,9,13,16H,4,8H2,1-3H3. The fourth-order valence-electron chi connectivity index (χ4n) is 1.54. The van der Waals surface area contributed by atoms with Crippen LogP contribution in [0.1, 0.15) is 32.4 Å². The van der Waals surface area contributed by atoms with Crippen molar-refractivity contribution in [2.75, 3.05) is 13.2 Å². The van der Waals surface area contributed by atoms with Crippen LogP contribution in [0.5, 0.6) is 0 Å². The summed E-state index contributed by atoms with van der Waals surface area (Å²) >= 11 is 3.15. The van der Waals surface area contributed by atoms with E-state index in [-0.39, 0.29) is 18.0 Å². The molecular formula is C13H19BrFNO. The van der Waals surface area contributed by atoms with Crippen molar-refractivity contribution in [2.45, 2.75) is 32.9 Å². The zero-order valence-corrected chi connectivity index (χ0v) is 12.1. The van der Waals surface area contributed by atoms with Crippen molar-refractivity contribution in [3.8, 4) is 0 Å². The number of hydrogen-bond donors (Lipinski definition) is 1. The monoisotopic (exact) mass is 303 g/mol. The Kier molecular flexibility index (Phi) is 6.09. The van der Waals surface area contributed by atoms with Crippen LogP contribution in [-0.4, -0.2) is 19.3 Å². The van der Waals surface area contributed by atoms with Crippen LogP contribution in [0.15, 0.2) is 22.7 Å². The summed E-state index contributed by atoms with van der Waals surface area (Å²) in [6.07, 6.45) is 0.177. The second-order valence-corrected chi connectivity index (χ2v) is 5.02. The number of nitrogens with one attached hydrogen (secondary N) is 1. The van der Waals surface area contributed by atoms with Crippen LogP contribution in [0.3, 0.4) is 0 Å². The number of ether oxygens (including phenoxy) is 1. The third kappa shape index (κ3) is 4.74. The highest BCUT2D eigenvalue weighted by Gasteiger charge is 2.13. The van der Waals surface area contributed by atoms with Gasteiger partial charge in [-0.1, -0.05) is 13.0 Å². The van der Waals surface area contributed by atoms with Crippen molar-refractivity contribution in [3.63, 3.8) is 0 Å². The number of halogens is 2. The van der Waals surface area contributed by atoms with Crippen LogP contribution >= 0.6 is 15.9 Å². The van der Waals surface area contributed by atoms with Gasteiger partial charge in [-0.3, -0.25) is 0 Å². The van der Waals surface area contributed by atoms with Gasteiger partial charge in [-0.25, -0.2) is 4.39 Å². The molecule has 1 atom stereocenters. The molecule has 2 nitrogen and oxygen atoms in total. The molecule has 17 heavy (non-hydrogen) atoms. The van der Waals surface area contributed by atoms with E-state index in [0.717, 1.165) is 12.1 Å². The molecule has 0 bridgehead atoms. The van der Waals surface area contributed by atoms with Gasteiger partial charge in [-0.05, 0) is 54.0 Å². The zero-order chi connectivity index (χ0) is 12.8. The van der Waals surface area contributed by atoms with Gasteiger partial charge in [0.2, 0.25) is 0 Å². The first kappa shape index (κ1) is 14.6. The van der Waals surface area contributed by atoms with E-state index in [1.165, 1.54) is 0 Å². The van der Waals surface area contributed by atoms with E-state index < -0.39 is 0 Å². The van der Waals surface area contributed by atoms with E-state index in [2.05, 4.69) is 21.2 Å². The molecule has 96 valence electrons. The summed E-state index contributed by atoms with van der Waals surface area (Å²) in [6.45, 7) is 7.38. The van der Waals surface area contributed by atoms with E-state index >= 15 is 0 Å². The molecule has 0 aliphatic heterocycles. The molecule has 0 aliphatic carbocycles. The molecule has 4 heteroatoms. The fraction of sp³-hybridized carbons (Fsp3) is 0.538. The van der Waals surface area contributed by atoms with E-state index in [1.54, 1.807) is 12.1 Å². The first-order valence-corrected chi connectivity index (χ1v) is 6.63. The SMILES string of the molecule is CCNC(COC(C)C)c1ccc(Br)c(F)c1. The minimum Gasteiger partial charge on any atom is -0.377 e. The Morgan fingerprint density at radius 1 is 1.41 bits per heavy atom. The molecule has 1 unspecified atom stereocenters. The van der Waals surface area contributed by atoms with E-state index in [0.29, 0.717) is 11.1 Å². The van der Waals surface area contributed by atoms with Gasteiger partial charge in [0.1, 0.15) is 5.82 Å². The molecule has 0 amide bonds. The van der Waals surface area contributed by atoms with Gasteiger partial charge in [0.05, 0.1) is 23.2 Å². The van der Waals surface area contributed by atoms with E-state index in [4.69, 9.17) is 4.74 Å². The Morgan fingerprint density at radius 2 is 2.12 bits per heavy atom. The van der Waals surface area contributed by atoms with Gasteiger partial charge in [-0.2, -0.15) is 0 Å². The summed E-state index contributed by atoms with van der Waals surface area (Å²) in [4.78, 5) is 0. The molecular weight excluding hydrogens is 285 g/mol. The van der Waals surface area contributed by atoms with Crippen molar-refractivity contribution in [1.29, 1.82) is 0 Å². The fourth-order valence-corrected chi connectivity index (χ4v) is 1.78. The largest absolute Gasteiger partial charge is 0.377 e. The lowest BCUT2D eigenvalue weighted by Crippen LogP contribution is -2.26. The minimum absolute atomic E-state index is 0.0324. The second-order valence-electron chi connectivity index (χ2n) is 4.17. The maximum atomic E-state index is 13.5. The van der Waals surface area contributed by atoms with Crippen molar-refractivity contribution >= 4 is 15.9 Å². The number of benzene rings is 1. The Morgan fingerprint density at radius 3 is 2.65 bits per heavy atom.